The van der Waals surface area contributed by atoms with Gasteiger partial charge < -0.3 is 18.7 Å². The van der Waals surface area contributed by atoms with Gasteiger partial charge in [-0.1, -0.05) is 13.5 Å². The quantitative estimate of drug-likeness (QED) is 0.297. The molecule has 1 atom stereocenters. The number of carbonyl (C=O) groups is 1. The van der Waals surface area contributed by atoms with Gasteiger partial charge >= 0.3 is 14.6 Å². The van der Waals surface area contributed by atoms with Crippen molar-refractivity contribution >= 4 is 26.3 Å². The van der Waals surface area contributed by atoms with Gasteiger partial charge in [0.1, 0.15) is 6.61 Å². The Bertz CT molecular complexity index is 224. The summed E-state index contributed by atoms with van der Waals surface area (Å²) in [6.07, 6.45) is 0. The fraction of sp³-hybridized carbons (Fsp3) is 0.667. The second-order valence-corrected chi connectivity index (χ2v) is 5.00. The van der Waals surface area contributed by atoms with E-state index in [0.29, 0.717) is 11.3 Å². The summed E-state index contributed by atoms with van der Waals surface area (Å²) in [5, 5.41) is 0. The van der Waals surface area contributed by atoms with E-state index in [1.165, 1.54) is 7.11 Å². The van der Waals surface area contributed by atoms with Crippen LogP contribution in [0, 0.1) is 0 Å². The summed E-state index contributed by atoms with van der Waals surface area (Å²) >= 11 is 1.60. The smallest absolute Gasteiger partial charge is 0.334 e. The van der Waals surface area contributed by atoms with Crippen LogP contribution in [0.2, 0.25) is 0 Å². The zero-order valence-corrected chi connectivity index (χ0v) is 11.2. The second-order valence-electron chi connectivity index (χ2n) is 2.63. The molecule has 0 aliphatic heterocycles. The van der Waals surface area contributed by atoms with Crippen LogP contribution in [-0.2, 0) is 18.6 Å². The van der Waals surface area contributed by atoms with Crippen molar-refractivity contribution < 1.29 is 23.5 Å². The molecule has 1 N–H and O–H groups in total. The highest BCUT2D eigenvalue weighted by atomic mass is 32.2. The lowest BCUT2D eigenvalue weighted by Gasteiger charge is -2.08. The number of hydrogen-bond donors (Lipinski definition) is 1. The third kappa shape index (κ3) is 8.07. The fourth-order valence-corrected chi connectivity index (χ4v) is 1.59. The van der Waals surface area contributed by atoms with Gasteiger partial charge in [0, 0.05) is 18.4 Å². The Morgan fingerprint density at radius 1 is 1.50 bits per heavy atom. The summed E-state index contributed by atoms with van der Waals surface area (Å²) in [7, 11) is -0.517. The topological polar surface area (TPSA) is 65.0 Å². The van der Waals surface area contributed by atoms with E-state index < -0.39 is 14.6 Å². The number of hydrogen-bond acceptors (Lipinski definition) is 6. The van der Waals surface area contributed by atoms with Crippen LogP contribution in [0.1, 0.15) is 6.92 Å². The highest BCUT2D eigenvalue weighted by molar-refractivity contribution is 7.99. The maximum atomic E-state index is 11.3. The van der Waals surface area contributed by atoms with Crippen LogP contribution in [0.3, 0.4) is 0 Å². The predicted molar refractivity (Wildman–Crippen MR) is 65.2 cm³/mol. The first-order valence-corrected chi connectivity index (χ1v) is 6.99. The van der Waals surface area contributed by atoms with Crippen molar-refractivity contribution in [2.24, 2.45) is 0 Å². The number of ether oxygens (including phenoxy) is 1. The van der Waals surface area contributed by atoms with Gasteiger partial charge in [-0.05, 0) is 5.75 Å². The van der Waals surface area contributed by atoms with Crippen molar-refractivity contribution in [1.29, 1.82) is 0 Å². The zero-order chi connectivity index (χ0) is 12.4. The Kier molecular flexibility index (Phi) is 9.97. The lowest BCUT2D eigenvalue weighted by molar-refractivity contribution is -0.139. The summed E-state index contributed by atoms with van der Waals surface area (Å²) in [6.45, 7) is 5.81. The zero-order valence-electron chi connectivity index (χ0n) is 9.47. The Labute approximate surface area is 101 Å². The summed E-state index contributed by atoms with van der Waals surface area (Å²) in [4.78, 5) is 20.2. The molecule has 0 aromatic rings. The van der Waals surface area contributed by atoms with Crippen molar-refractivity contribution in [3.8, 4) is 0 Å². The van der Waals surface area contributed by atoms with E-state index in [-0.39, 0.29) is 13.2 Å². The highest BCUT2D eigenvalue weighted by Crippen LogP contribution is 2.30. The summed E-state index contributed by atoms with van der Waals surface area (Å²) < 4.78 is 14.1. The van der Waals surface area contributed by atoms with E-state index in [0.717, 1.165) is 5.75 Å². The number of rotatable bonds is 9. The van der Waals surface area contributed by atoms with Crippen molar-refractivity contribution in [1.82, 2.24) is 0 Å². The Balaban J connectivity index is 3.53. The Morgan fingerprint density at radius 3 is 2.75 bits per heavy atom. The summed E-state index contributed by atoms with van der Waals surface area (Å²) in [5.74, 6) is 1.07. The minimum absolute atomic E-state index is 0.0808. The van der Waals surface area contributed by atoms with Gasteiger partial charge in [-0.2, -0.15) is 11.8 Å². The van der Waals surface area contributed by atoms with E-state index in [1.807, 2.05) is 6.92 Å². The van der Waals surface area contributed by atoms with Gasteiger partial charge in [-0.15, -0.1) is 0 Å². The van der Waals surface area contributed by atoms with Crippen LogP contribution in [0.25, 0.3) is 0 Å². The lowest BCUT2D eigenvalue weighted by Crippen LogP contribution is -2.12. The standard InChI is InChI=1S/C9H17O5PS/c1-4-16-7-8(2)9(10)13-5-6-14-15(11)12-3/h11H,2,4-7H2,1,3H3. The van der Waals surface area contributed by atoms with E-state index in [1.54, 1.807) is 11.8 Å². The van der Waals surface area contributed by atoms with Crippen molar-refractivity contribution in [2.45, 2.75) is 6.92 Å². The first-order valence-electron chi connectivity index (χ1n) is 4.70. The van der Waals surface area contributed by atoms with Gasteiger partial charge in [-0.25, -0.2) is 4.79 Å². The van der Waals surface area contributed by atoms with Crippen LogP contribution >= 0.6 is 20.4 Å². The van der Waals surface area contributed by atoms with Crippen LogP contribution in [0.4, 0.5) is 0 Å². The van der Waals surface area contributed by atoms with Gasteiger partial charge in [-0.3, -0.25) is 0 Å². The number of esters is 1. The predicted octanol–water partition coefficient (Wildman–Crippen LogP) is 1.72. The molecule has 16 heavy (non-hydrogen) atoms. The summed E-state index contributed by atoms with van der Waals surface area (Å²) in [5.41, 5.74) is 0.435. The first-order chi connectivity index (χ1) is 7.61. The molecule has 0 aromatic heterocycles. The minimum Gasteiger partial charge on any atom is -0.460 e. The van der Waals surface area contributed by atoms with E-state index in [9.17, 15) is 4.79 Å². The van der Waals surface area contributed by atoms with Crippen LogP contribution in [0.15, 0.2) is 12.2 Å². The highest BCUT2D eigenvalue weighted by Gasteiger charge is 2.09. The molecule has 94 valence electrons. The van der Waals surface area contributed by atoms with Crippen LogP contribution in [-0.4, -0.2) is 42.7 Å². The summed E-state index contributed by atoms with van der Waals surface area (Å²) in [6, 6.07) is 0. The largest absolute Gasteiger partial charge is 0.460 e. The number of carbonyl (C=O) groups excluding carboxylic acids is 1. The molecule has 0 rings (SSSR count). The minimum atomic E-state index is -1.85. The van der Waals surface area contributed by atoms with E-state index >= 15 is 0 Å². The van der Waals surface area contributed by atoms with Gasteiger partial charge in [0.2, 0.25) is 0 Å². The molecule has 0 aliphatic carbocycles. The molecular formula is C9H17O5PS. The molecule has 0 amide bonds. The van der Waals surface area contributed by atoms with Gasteiger partial charge in [0.25, 0.3) is 0 Å². The molecule has 0 radical (unpaired) electrons. The average molecular weight is 268 g/mol. The van der Waals surface area contributed by atoms with Crippen molar-refractivity contribution in [3.05, 3.63) is 12.2 Å². The Morgan fingerprint density at radius 2 is 2.19 bits per heavy atom. The molecule has 0 fully saturated rings. The maximum absolute atomic E-state index is 11.3. The first kappa shape index (κ1) is 15.9. The monoisotopic (exact) mass is 268 g/mol. The fourth-order valence-electron chi connectivity index (χ4n) is 0.689. The molecule has 0 bridgehead atoms. The average Bonchev–Trinajstić information content (AvgIpc) is 2.30. The van der Waals surface area contributed by atoms with Crippen LogP contribution in [0.5, 0.6) is 0 Å². The van der Waals surface area contributed by atoms with Crippen LogP contribution < -0.4 is 0 Å². The normalized spacial score (nSPS) is 12.2. The van der Waals surface area contributed by atoms with Crippen molar-refractivity contribution in [3.63, 3.8) is 0 Å². The van der Waals surface area contributed by atoms with Gasteiger partial charge in [0.15, 0.2) is 0 Å². The second kappa shape index (κ2) is 10.1. The molecule has 0 spiro atoms. The molecule has 0 saturated heterocycles. The SMILES string of the molecule is C=C(CSCC)C(=O)OCCOP(O)OC. The molecule has 1 unspecified atom stereocenters. The molecule has 0 saturated carbocycles. The third-order valence-corrected chi connectivity index (χ3v) is 3.12. The maximum Gasteiger partial charge on any atom is 0.334 e. The molecule has 5 nitrogen and oxygen atoms in total. The van der Waals surface area contributed by atoms with E-state index in [2.05, 4.69) is 11.1 Å². The molecule has 0 aliphatic rings. The molecule has 0 heterocycles. The van der Waals surface area contributed by atoms with E-state index in [4.69, 9.17) is 14.2 Å². The third-order valence-electron chi connectivity index (χ3n) is 1.44. The molecule has 0 aromatic carbocycles. The molecule has 7 heteroatoms. The number of thioether (sulfide) groups is 1. The molecular weight excluding hydrogens is 251 g/mol. The lowest BCUT2D eigenvalue weighted by atomic mass is 10.4. The van der Waals surface area contributed by atoms with Gasteiger partial charge in [0.05, 0.1) is 6.61 Å². The Hall–Kier alpha value is -0.130. The van der Waals surface area contributed by atoms with Crippen molar-refractivity contribution in [2.75, 3.05) is 31.8 Å².